The molecule has 17 heavy (non-hydrogen) atoms. The number of rotatable bonds is 0. The standard InChI is InChI=1S/C13H23IN3/c15-11-9-5-2-1-3-7-14-8-4-6-10(9)12(16)13(11)17/h12H,1-8,15-17H2/q-1. The second kappa shape index (κ2) is 6.09. The second-order valence-electron chi connectivity index (χ2n) is 4.83. The predicted octanol–water partition coefficient (Wildman–Crippen LogP) is -1.80. The van der Waals surface area contributed by atoms with Crippen molar-refractivity contribution in [1.29, 1.82) is 0 Å². The molecule has 0 saturated carbocycles. The summed E-state index contributed by atoms with van der Waals surface area (Å²) < 4.78 is 2.91. The Bertz CT molecular complexity index is 347. The van der Waals surface area contributed by atoms with Crippen molar-refractivity contribution < 1.29 is 21.2 Å². The Balaban J connectivity index is 2.14. The van der Waals surface area contributed by atoms with Gasteiger partial charge in [-0.25, -0.2) is 0 Å². The van der Waals surface area contributed by atoms with Crippen molar-refractivity contribution in [2.45, 2.75) is 44.6 Å². The van der Waals surface area contributed by atoms with Crippen LogP contribution in [-0.2, 0) is 0 Å². The molecular formula is C13H23IN3-. The molecule has 1 unspecified atom stereocenters. The van der Waals surface area contributed by atoms with Crippen LogP contribution in [0, 0.1) is 0 Å². The van der Waals surface area contributed by atoms with E-state index < -0.39 is 0 Å². The molecule has 0 aromatic rings. The van der Waals surface area contributed by atoms with Gasteiger partial charge in [0.05, 0.1) is 0 Å². The van der Waals surface area contributed by atoms with Gasteiger partial charge in [-0.15, -0.1) is 0 Å². The first kappa shape index (κ1) is 13.2. The fraction of sp³-hybridized carbons (Fsp3) is 0.692. The van der Waals surface area contributed by atoms with Gasteiger partial charge in [-0.2, -0.15) is 0 Å². The Morgan fingerprint density at radius 3 is 2.53 bits per heavy atom. The summed E-state index contributed by atoms with van der Waals surface area (Å²) >= 11 is 0.432. The molecule has 6 N–H and O–H groups in total. The summed E-state index contributed by atoms with van der Waals surface area (Å²) in [6.45, 7) is 0. The first-order valence-corrected chi connectivity index (χ1v) is 9.53. The van der Waals surface area contributed by atoms with Crippen LogP contribution in [0.15, 0.2) is 22.5 Å². The summed E-state index contributed by atoms with van der Waals surface area (Å²) in [5.41, 5.74) is 22.4. The molecule has 2 rings (SSSR count). The molecule has 98 valence electrons. The van der Waals surface area contributed by atoms with Crippen molar-refractivity contribution in [3.05, 3.63) is 22.5 Å². The zero-order chi connectivity index (χ0) is 12.3. The topological polar surface area (TPSA) is 78.1 Å². The van der Waals surface area contributed by atoms with Crippen LogP contribution in [0.1, 0.15) is 38.5 Å². The van der Waals surface area contributed by atoms with Crippen molar-refractivity contribution >= 4 is 0 Å². The van der Waals surface area contributed by atoms with Gasteiger partial charge in [0.25, 0.3) is 0 Å². The van der Waals surface area contributed by atoms with E-state index in [-0.39, 0.29) is 6.04 Å². The van der Waals surface area contributed by atoms with Gasteiger partial charge in [-0.05, 0) is 0 Å². The Morgan fingerprint density at radius 1 is 0.941 bits per heavy atom. The Kier molecular flexibility index (Phi) is 4.73. The van der Waals surface area contributed by atoms with Crippen LogP contribution >= 0.6 is 0 Å². The Hall–Kier alpha value is -0.230. The van der Waals surface area contributed by atoms with Crippen molar-refractivity contribution in [2.75, 3.05) is 8.86 Å². The van der Waals surface area contributed by atoms with Gasteiger partial charge in [-0.1, -0.05) is 0 Å². The fourth-order valence-electron chi connectivity index (χ4n) is 2.61. The van der Waals surface area contributed by atoms with E-state index in [0.29, 0.717) is 26.9 Å². The first-order valence-electron chi connectivity index (χ1n) is 6.48. The zero-order valence-corrected chi connectivity index (χ0v) is 12.5. The molecule has 1 heterocycles. The molecule has 0 aromatic carbocycles. The minimum absolute atomic E-state index is 0.0936. The molecule has 0 spiro atoms. The molecule has 0 radical (unpaired) electrons. The summed E-state index contributed by atoms with van der Waals surface area (Å²) in [5, 5.41) is 0. The van der Waals surface area contributed by atoms with E-state index in [4.69, 9.17) is 17.2 Å². The average Bonchev–Trinajstić information content (AvgIpc) is 2.52. The maximum absolute atomic E-state index is 6.16. The first-order chi connectivity index (χ1) is 8.22. The Labute approximate surface area is 114 Å². The number of allylic oxidation sites excluding steroid dienone is 1. The Morgan fingerprint density at radius 2 is 1.71 bits per heavy atom. The van der Waals surface area contributed by atoms with E-state index in [0.717, 1.165) is 18.5 Å². The van der Waals surface area contributed by atoms with Crippen molar-refractivity contribution in [2.24, 2.45) is 17.2 Å². The van der Waals surface area contributed by atoms with Gasteiger partial charge in [0.1, 0.15) is 0 Å². The van der Waals surface area contributed by atoms with E-state index in [1.54, 1.807) is 0 Å². The quantitative estimate of drug-likeness (QED) is 0.357. The van der Waals surface area contributed by atoms with Crippen LogP contribution < -0.4 is 38.4 Å². The number of nitrogens with two attached hydrogens (primary N) is 3. The van der Waals surface area contributed by atoms with Crippen LogP contribution in [0.5, 0.6) is 0 Å². The third-order valence-electron chi connectivity index (χ3n) is 3.64. The second-order valence-corrected chi connectivity index (χ2v) is 8.07. The third-order valence-corrected chi connectivity index (χ3v) is 6.69. The van der Waals surface area contributed by atoms with E-state index >= 15 is 0 Å². The van der Waals surface area contributed by atoms with Crippen LogP contribution in [0.2, 0.25) is 0 Å². The van der Waals surface area contributed by atoms with Crippen LogP contribution in [0.3, 0.4) is 0 Å². The molecule has 2 aliphatic rings. The van der Waals surface area contributed by atoms with Crippen LogP contribution in [0.25, 0.3) is 0 Å². The number of hydrogen-bond acceptors (Lipinski definition) is 3. The van der Waals surface area contributed by atoms with Gasteiger partial charge in [0.2, 0.25) is 0 Å². The molecule has 0 aromatic heterocycles. The molecule has 0 saturated heterocycles. The number of halogens is 1. The molecule has 0 amide bonds. The zero-order valence-electron chi connectivity index (χ0n) is 10.3. The summed E-state index contributed by atoms with van der Waals surface area (Å²) in [6.07, 6.45) is 7.44. The average molecular weight is 348 g/mol. The molecule has 3 nitrogen and oxygen atoms in total. The molecule has 1 aliphatic carbocycles. The molecule has 1 aliphatic heterocycles. The summed E-state index contributed by atoms with van der Waals surface area (Å²) in [4.78, 5) is 0. The molecule has 1 atom stereocenters. The molecule has 0 fully saturated rings. The normalized spacial score (nSPS) is 28.4. The third kappa shape index (κ3) is 2.96. The fourth-order valence-corrected chi connectivity index (χ4v) is 5.14. The van der Waals surface area contributed by atoms with Crippen LogP contribution in [0.4, 0.5) is 0 Å². The molecular weight excluding hydrogens is 325 g/mol. The van der Waals surface area contributed by atoms with Gasteiger partial charge < -0.3 is 0 Å². The van der Waals surface area contributed by atoms with Crippen molar-refractivity contribution in [3.8, 4) is 0 Å². The number of alkyl halides is 2. The van der Waals surface area contributed by atoms with Gasteiger partial charge in [0.15, 0.2) is 0 Å². The van der Waals surface area contributed by atoms with E-state index in [2.05, 4.69) is 0 Å². The summed E-state index contributed by atoms with van der Waals surface area (Å²) in [5.74, 6) is 0. The minimum atomic E-state index is -0.0936. The SMILES string of the molecule is NC1=C(N)C(N)C2=C1CCCCC[I-]CCC2. The summed E-state index contributed by atoms with van der Waals surface area (Å²) in [6, 6.07) is -0.0936. The van der Waals surface area contributed by atoms with Gasteiger partial charge >= 0.3 is 114 Å². The van der Waals surface area contributed by atoms with E-state index in [9.17, 15) is 0 Å². The summed E-state index contributed by atoms with van der Waals surface area (Å²) in [7, 11) is 0. The van der Waals surface area contributed by atoms with Crippen LogP contribution in [-0.4, -0.2) is 14.9 Å². The maximum atomic E-state index is 6.16. The van der Waals surface area contributed by atoms with Gasteiger partial charge in [-0.3, -0.25) is 0 Å². The monoisotopic (exact) mass is 348 g/mol. The molecule has 0 bridgehead atoms. The predicted molar refractivity (Wildman–Crippen MR) is 67.8 cm³/mol. The van der Waals surface area contributed by atoms with E-state index in [1.165, 1.54) is 45.7 Å². The van der Waals surface area contributed by atoms with E-state index in [1.807, 2.05) is 0 Å². The van der Waals surface area contributed by atoms with Crippen molar-refractivity contribution in [3.63, 3.8) is 0 Å². The molecule has 4 heteroatoms. The number of hydrogen-bond donors (Lipinski definition) is 3. The van der Waals surface area contributed by atoms with Gasteiger partial charge in [0, 0.05) is 0 Å². The van der Waals surface area contributed by atoms with Crippen molar-refractivity contribution in [1.82, 2.24) is 0 Å².